The first-order valence-corrected chi connectivity index (χ1v) is 11.7. The molecule has 0 spiro atoms. The van der Waals surface area contributed by atoms with Crippen LogP contribution in [0.4, 0.5) is 22.7 Å². The normalized spacial score (nSPS) is 15.4. The molecule has 1 fully saturated rings. The van der Waals surface area contributed by atoms with Crippen molar-refractivity contribution < 1.29 is 17.9 Å². The van der Waals surface area contributed by atoms with Gasteiger partial charge < -0.3 is 20.3 Å². The molecule has 0 aromatic heterocycles. The third-order valence-corrected chi connectivity index (χ3v) is 5.41. The van der Waals surface area contributed by atoms with E-state index < -0.39 is 16.1 Å². The smallest absolute Gasteiger partial charge is 0.246 e. The highest BCUT2D eigenvalue weighted by atomic mass is 32.2. The summed E-state index contributed by atoms with van der Waals surface area (Å²) in [5, 5.41) is 6.01. The number of anilines is 4. The van der Waals surface area contributed by atoms with Crippen LogP contribution in [0.1, 0.15) is 12.5 Å². The Kier molecular flexibility index (Phi) is 6.84. The van der Waals surface area contributed by atoms with Gasteiger partial charge in [-0.25, -0.2) is 8.42 Å². The summed E-state index contributed by atoms with van der Waals surface area (Å²) in [5.41, 5.74) is 3.75. The third-order valence-electron chi connectivity index (χ3n) is 4.82. The Balaban J connectivity index is 1.60. The lowest BCUT2D eigenvalue weighted by Gasteiger charge is -2.29. The fourth-order valence-corrected chi connectivity index (χ4v) is 3.78. The summed E-state index contributed by atoms with van der Waals surface area (Å²) >= 11 is 0. The SMILES string of the molecule is Cc1ccc(NC(C)C(=O)Nc2ccc(N3CCOCC3)cc2)cc1NS(C)(=O)=O. The second-order valence-corrected chi connectivity index (χ2v) is 9.15. The van der Waals surface area contributed by atoms with Gasteiger partial charge in [-0.05, 0) is 55.8 Å². The summed E-state index contributed by atoms with van der Waals surface area (Å²) in [6.07, 6.45) is 1.10. The highest BCUT2D eigenvalue weighted by Crippen LogP contribution is 2.22. The van der Waals surface area contributed by atoms with Gasteiger partial charge in [0.25, 0.3) is 0 Å². The number of hydrogen-bond acceptors (Lipinski definition) is 6. The molecule has 1 heterocycles. The first-order valence-electron chi connectivity index (χ1n) is 9.80. The monoisotopic (exact) mass is 432 g/mol. The molecule has 1 amide bonds. The van der Waals surface area contributed by atoms with Crippen molar-refractivity contribution in [2.75, 3.05) is 52.8 Å². The van der Waals surface area contributed by atoms with Gasteiger partial charge in [0.1, 0.15) is 6.04 Å². The van der Waals surface area contributed by atoms with E-state index >= 15 is 0 Å². The van der Waals surface area contributed by atoms with E-state index in [9.17, 15) is 13.2 Å². The van der Waals surface area contributed by atoms with E-state index in [2.05, 4.69) is 20.3 Å². The Morgan fingerprint density at radius 1 is 1.07 bits per heavy atom. The maximum atomic E-state index is 12.6. The molecule has 0 aliphatic carbocycles. The quantitative estimate of drug-likeness (QED) is 0.622. The van der Waals surface area contributed by atoms with E-state index in [1.165, 1.54) is 0 Å². The summed E-state index contributed by atoms with van der Waals surface area (Å²) in [6.45, 7) is 6.73. The van der Waals surface area contributed by atoms with Crippen molar-refractivity contribution in [2.24, 2.45) is 0 Å². The van der Waals surface area contributed by atoms with Gasteiger partial charge in [0.15, 0.2) is 0 Å². The number of aryl methyl sites for hydroxylation is 1. The van der Waals surface area contributed by atoms with Crippen molar-refractivity contribution in [3.8, 4) is 0 Å². The topological polar surface area (TPSA) is 99.8 Å². The number of nitrogens with one attached hydrogen (secondary N) is 3. The zero-order chi connectivity index (χ0) is 21.7. The number of carbonyl (C=O) groups excluding carboxylic acids is 1. The van der Waals surface area contributed by atoms with Crippen molar-refractivity contribution in [1.82, 2.24) is 0 Å². The molecule has 2 aromatic carbocycles. The van der Waals surface area contributed by atoms with Gasteiger partial charge in [0.2, 0.25) is 15.9 Å². The minimum Gasteiger partial charge on any atom is -0.378 e. The zero-order valence-corrected chi connectivity index (χ0v) is 18.3. The summed E-state index contributed by atoms with van der Waals surface area (Å²) in [4.78, 5) is 14.8. The fourth-order valence-electron chi connectivity index (χ4n) is 3.16. The molecular weight excluding hydrogens is 404 g/mol. The second-order valence-electron chi connectivity index (χ2n) is 7.41. The Labute approximate surface area is 177 Å². The van der Waals surface area contributed by atoms with E-state index in [4.69, 9.17) is 4.74 Å². The predicted octanol–water partition coefficient (Wildman–Crippen LogP) is 2.64. The molecule has 1 aliphatic rings. The summed E-state index contributed by atoms with van der Waals surface area (Å²) < 4.78 is 30.9. The van der Waals surface area contributed by atoms with Gasteiger partial charge in [-0.2, -0.15) is 0 Å². The minimum absolute atomic E-state index is 0.188. The minimum atomic E-state index is -3.38. The summed E-state index contributed by atoms with van der Waals surface area (Å²) in [7, 11) is -3.38. The molecule has 1 saturated heterocycles. The van der Waals surface area contributed by atoms with E-state index in [1.54, 1.807) is 19.1 Å². The highest BCUT2D eigenvalue weighted by Gasteiger charge is 2.15. The molecule has 3 N–H and O–H groups in total. The molecule has 9 heteroatoms. The zero-order valence-electron chi connectivity index (χ0n) is 17.4. The summed E-state index contributed by atoms with van der Waals surface area (Å²) in [6, 6.07) is 12.5. The third kappa shape index (κ3) is 6.11. The number of amides is 1. The molecule has 1 aliphatic heterocycles. The van der Waals surface area contributed by atoms with Crippen LogP contribution in [0, 0.1) is 6.92 Å². The molecule has 2 aromatic rings. The molecule has 162 valence electrons. The highest BCUT2D eigenvalue weighted by molar-refractivity contribution is 7.92. The van der Waals surface area contributed by atoms with Crippen molar-refractivity contribution in [3.63, 3.8) is 0 Å². The molecule has 30 heavy (non-hydrogen) atoms. The molecule has 0 saturated carbocycles. The fraction of sp³-hybridized carbons (Fsp3) is 0.381. The van der Waals surface area contributed by atoms with E-state index in [0.29, 0.717) is 17.1 Å². The van der Waals surface area contributed by atoms with E-state index in [1.807, 2.05) is 37.3 Å². The number of benzene rings is 2. The van der Waals surface area contributed by atoms with Crippen LogP contribution in [0.2, 0.25) is 0 Å². The molecule has 8 nitrogen and oxygen atoms in total. The van der Waals surface area contributed by atoms with Crippen LogP contribution in [0.15, 0.2) is 42.5 Å². The lowest BCUT2D eigenvalue weighted by atomic mass is 10.1. The Bertz CT molecular complexity index is 987. The van der Waals surface area contributed by atoms with Crippen molar-refractivity contribution in [2.45, 2.75) is 19.9 Å². The maximum Gasteiger partial charge on any atom is 0.246 e. The lowest BCUT2D eigenvalue weighted by Crippen LogP contribution is -2.36. The van der Waals surface area contributed by atoms with Crippen LogP contribution in [0.25, 0.3) is 0 Å². The number of morpholine rings is 1. The van der Waals surface area contributed by atoms with Crippen molar-refractivity contribution in [1.29, 1.82) is 0 Å². The first-order chi connectivity index (χ1) is 14.2. The maximum absolute atomic E-state index is 12.6. The number of sulfonamides is 1. The van der Waals surface area contributed by atoms with E-state index in [-0.39, 0.29) is 5.91 Å². The lowest BCUT2D eigenvalue weighted by molar-refractivity contribution is -0.116. The molecular formula is C21H28N4O4S. The number of nitrogens with zero attached hydrogens (tertiary/aromatic N) is 1. The predicted molar refractivity (Wildman–Crippen MR) is 121 cm³/mol. The van der Waals surface area contributed by atoms with Gasteiger partial charge in [0.05, 0.1) is 25.2 Å². The Morgan fingerprint density at radius 3 is 2.33 bits per heavy atom. The molecule has 0 bridgehead atoms. The molecule has 1 atom stereocenters. The molecule has 3 rings (SSSR count). The van der Waals surface area contributed by atoms with Crippen LogP contribution < -0.4 is 20.3 Å². The standard InChI is InChI=1S/C21H28N4O4S/c1-15-4-5-18(14-20(15)24-30(3,27)28)22-16(2)21(26)23-17-6-8-19(9-7-17)25-10-12-29-13-11-25/h4-9,14,16,22,24H,10-13H2,1-3H3,(H,23,26). The Hall–Kier alpha value is -2.78. The van der Waals surface area contributed by atoms with Crippen LogP contribution in [0.5, 0.6) is 0 Å². The van der Waals surface area contributed by atoms with Crippen LogP contribution in [-0.4, -0.2) is 52.9 Å². The molecule has 1 unspecified atom stereocenters. The van der Waals surface area contributed by atoms with Gasteiger partial charge >= 0.3 is 0 Å². The van der Waals surface area contributed by atoms with Crippen LogP contribution >= 0.6 is 0 Å². The van der Waals surface area contributed by atoms with Gasteiger partial charge in [-0.1, -0.05) is 6.07 Å². The van der Waals surface area contributed by atoms with Crippen molar-refractivity contribution >= 4 is 38.7 Å². The second kappa shape index (κ2) is 9.36. The number of rotatable bonds is 7. The Morgan fingerprint density at radius 2 is 1.70 bits per heavy atom. The van der Waals surface area contributed by atoms with Crippen LogP contribution in [0.3, 0.4) is 0 Å². The average molecular weight is 433 g/mol. The summed E-state index contributed by atoms with van der Waals surface area (Å²) in [5.74, 6) is -0.188. The van der Waals surface area contributed by atoms with Gasteiger partial charge in [-0.3, -0.25) is 9.52 Å². The first kappa shape index (κ1) is 21.9. The largest absolute Gasteiger partial charge is 0.378 e. The van der Waals surface area contributed by atoms with Crippen molar-refractivity contribution in [3.05, 3.63) is 48.0 Å². The number of hydrogen-bond donors (Lipinski definition) is 3. The van der Waals surface area contributed by atoms with Gasteiger partial charge in [0, 0.05) is 30.2 Å². The average Bonchev–Trinajstić information content (AvgIpc) is 2.70. The number of carbonyl (C=O) groups is 1. The number of ether oxygens (including phenoxy) is 1. The van der Waals surface area contributed by atoms with Crippen LogP contribution in [-0.2, 0) is 19.6 Å². The molecule has 0 radical (unpaired) electrons. The van der Waals surface area contributed by atoms with Gasteiger partial charge in [-0.15, -0.1) is 0 Å². The van der Waals surface area contributed by atoms with E-state index in [0.717, 1.165) is 43.8 Å².